The summed E-state index contributed by atoms with van der Waals surface area (Å²) in [6, 6.07) is 11.4. The van der Waals surface area contributed by atoms with Gasteiger partial charge in [-0.3, -0.25) is 9.36 Å². The molecule has 4 rings (SSSR count). The molecule has 0 saturated carbocycles. The molecule has 0 unspecified atom stereocenters. The summed E-state index contributed by atoms with van der Waals surface area (Å²) in [6.45, 7) is 0.570. The lowest BCUT2D eigenvalue weighted by atomic mass is 10.1. The standard InChI is InChI=1S/C26H20Cl2F3N3O7/c1-13(35)32-21-19(26(29,30)31)11-34(25(38)33-21)22-20(41-24(37)15-4-8-17(28)9-5-15)10-18(40-22)12-39-23(36)14-2-6-16(27)7-3-14/h2-9,11,18,20,22H,10,12H2,1H3,(H,32,33,35,38)/t18-,20+,22+/m0/s1. The molecule has 1 aliphatic rings. The maximum atomic E-state index is 13.8. The molecule has 15 heteroatoms. The van der Waals surface area contributed by atoms with Crippen molar-refractivity contribution < 1.29 is 41.8 Å². The van der Waals surface area contributed by atoms with Gasteiger partial charge in [0.1, 0.15) is 18.3 Å². The van der Waals surface area contributed by atoms with E-state index < -0.39 is 59.5 Å². The number of carbonyl (C=O) groups is 3. The van der Waals surface area contributed by atoms with Crippen molar-refractivity contribution in [3.63, 3.8) is 0 Å². The van der Waals surface area contributed by atoms with Crippen LogP contribution in [0.5, 0.6) is 0 Å². The molecule has 10 nitrogen and oxygen atoms in total. The Labute approximate surface area is 239 Å². The van der Waals surface area contributed by atoms with E-state index in [9.17, 15) is 32.3 Å². The first kappa shape index (κ1) is 30.0. The van der Waals surface area contributed by atoms with E-state index in [0.717, 1.165) is 6.92 Å². The van der Waals surface area contributed by atoms with Gasteiger partial charge in [-0.2, -0.15) is 18.2 Å². The molecule has 1 N–H and O–H groups in total. The van der Waals surface area contributed by atoms with Gasteiger partial charge in [0.2, 0.25) is 5.91 Å². The second-order valence-corrected chi connectivity index (χ2v) is 9.69. The first-order valence-electron chi connectivity index (χ1n) is 11.8. The second kappa shape index (κ2) is 12.3. The van der Waals surface area contributed by atoms with Crippen LogP contribution in [0, 0.1) is 0 Å². The van der Waals surface area contributed by atoms with Crippen molar-refractivity contribution in [2.45, 2.75) is 38.0 Å². The molecule has 3 aromatic rings. The summed E-state index contributed by atoms with van der Waals surface area (Å²) < 4.78 is 58.5. The van der Waals surface area contributed by atoms with Gasteiger partial charge in [-0.1, -0.05) is 23.2 Å². The van der Waals surface area contributed by atoms with Crippen molar-refractivity contribution in [1.29, 1.82) is 0 Å². The summed E-state index contributed by atoms with van der Waals surface area (Å²) in [6.07, 6.45) is -8.64. The number of alkyl halides is 3. The van der Waals surface area contributed by atoms with E-state index in [4.69, 9.17) is 37.4 Å². The van der Waals surface area contributed by atoms with Crippen molar-refractivity contribution in [1.82, 2.24) is 9.55 Å². The van der Waals surface area contributed by atoms with Crippen LogP contribution in [0.4, 0.5) is 19.0 Å². The van der Waals surface area contributed by atoms with Gasteiger partial charge < -0.3 is 19.5 Å². The zero-order chi connectivity index (χ0) is 29.9. The number of nitrogens with zero attached hydrogens (tertiary/aromatic N) is 2. The number of ether oxygens (including phenoxy) is 3. The molecule has 3 atom stereocenters. The minimum Gasteiger partial charge on any atom is -0.459 e. The minimum absolute atomic E-state index is 0.0771. The molecule has 0 spiro atoms. The molecule has 2 heterocycles. The Bertz CT molecular complexity index is 1510. The number of halogens is 5. The van der Waals surface area contributed by atoms with Gasteiger partial charge in [0.15, 0.2) is 12.0 Å². The zero-order valence-electron chi connectivity index (χ0n) is 21.0. The molecule has 1 amide bonds. The molecule has 0 bridgehead atoms. The largest absolute Gasteiger partial charge is 0.459 e. The van der Waals surface area contributed by atoms with Crippen molar-refractivity contribution in [3.05, 3.63) is 91.9 Å². The van der Waals surface area contributed by atoms with E-state index in [1.807, 2.05) is 5.32 Å². The van der Waals surface area contributed by atoms with Crippen molar-refractivity contribution in [2.75, 3.05) is 11.9 Å². The maximum absolute atomic E-state index is 13.8. The Hall–Kier alpha value is -3.94. The quantitative estimate of drug-likeness (QED) is 0.373. The molecular weight excluding hydrogens is 594 g/mol. The van der Waals surface area contributed by atoms with Crippen molar-refractivity contribution in [2.24, 2.45) is 0 Å². The zero-order valence-corrected chi connectivity index (χ0v) is 22.5. The fourth-order valence-corrected chi connectivity index (χ4v) is 4.18. The summed E-state index contributed by atoms with van der Waals surface area (Å²) in [5.74, 6) is -3.48. The fraction of sp³-hybridized carbons (Fsp3) is 0.269. The molecule has 41 heavy (non-hydrogen) atoms. The third-order valence-electron chi connectivity index (χ3n) is 5.79. The minimum atomic E-state index is -5.03. The molecule has 0 aliphatic carbocycles. The van der Waals surface area contributed by atoms with Crippen LogP contribution in [0.25, 0.3) is 0 Å². The molecule has 216 valence electrons. The number of carbonyl (C=O) groups excluding carboxylic acids is 3. The number of anilines is 1. The predicted molar refractivity (Wildman–Crippen MR) is 139 cm³/mol. The number of hydrogen-bond acceptors (Lipinski definition) is 8. The van der Waals surface area contributed by atoms with Crippen LogP contribution in [0.3, 0.4) is 0 Å². The van der Waals surface area contributed by atoms with E-state index in [1.165, 1.54) is 48.5 Å². The topological polar surface area (TPSA) is 126 Å². The summed E-state index contributed by atoms with van der Waals surface area (Å²) in [5, 5.41) is 2.63. The number of benzene rings is 2. The average molecular weight is 614 g/mol. The fourth-order valence-electron chi connectivity index (χ4n) is 3.92. The van der Waals surface area contributed by atoms with E-state index in [2.05, 4.69) is 4.98 Å². The summed E-state index contributed by atoms with van der Waals surface area (Å²) >= 11 is 11.7. The van der Waals surface area contributed by atoms with Gasteiger partial charge in [0.25, 0.3) is 0 Å². The highest BCUT2D eigenvalue weighted by Gasteiger charge is 2.43. The van der Waals surface area contributed by atoms with Gasteiger partial charge in [0.05, 0.1) is 17.2 Å². The first-order valence-corrected chi connectivity index (χ1v) is 12.6. The smallest absolute Gasteiger partial charge is 0.421 e. The van der Waals surface area contributed by atoms with E-state index in [0.29, 0.717) is 20.8 Å². The Kier molecular flexibility index (Phi) is 9.00. The number of rotatable bonds is 7. The van der Waals surface area contributed by atoms with Crippen molar-refractivity contribution >= 4 is 46.9 Å². The molecule has 1 aliphatic heterocycles. The highest BCUT2D eigenvalue weighted by Crippen LogP contribution is 2.36. The van der Waals surface area contributed by atoms with Gasteiger partial charge in [-0.25, -0.2) is 14.4 Å². The van der Waals surface area contributed by atoms with Gasteiger partial charge in [-0.15, -0.1) is 0 Å². The Morgan fingerprint density at radius 1 is 1.02 bits per heavy atom. The van der Waals surface area contributed by atoms with E-state index in [-0.39, 0.29) is 24.2 Å². The average Bonchev–Trinajstić information content (AvgIpc) is 3.29. The van der Waals surface area contributed by atoms with Crippen LogP contribution in [0.2, 0.25) is 10.0 Å². The Balaban J connectivity index is 1.63. The third kappa shape index (κ3) is 7.43. The van der Waals surface area contributed by atoms with Crippen molar-refractivity contribution in [3.8, 4) is 0 Å². The third-order valence-corrected chi connectivity index (χ3v) is 6.29. The number of amides is 1. The van der Waals surface area contributed by atoms with Crippen LogP contribution in [0.1, 0.15) is 45.9 Å². The van der Waals surface area contributed by atoms with Crippen LogP contribution in [-0.2, 0) is 25.2 Å². The molecule has 1 saturated heterocycles. The number of hydrogen-bond donors (Lipinski definition) is 1. The Morgan fingerprint density at radius 3 is 2.12 bits per heavy atom. The number of aromatic nitrogens is 2. The molecule has 2 aromatic carbocycles. The van der Waals surface area contributed by atoms with Crippen LogP contribution in [-0.4, -0.2) is 46.2 Å². The van der Waals surface area contributed by atoms with Gasteiger partial charge >= 0.3 is 23.8 Å². The maximum Gasteiger partial charge on any atom is 0.421 e. The normalized spacial score (nSPS) is 18.5. The number of esters is 2. The summed E-state index contributed by atoms with van der Waals surface area (Å²) in [7, 11) is 0. The lowest BCUT2D eigenvalue weighted by Crippen LogP contribution is -2.36. The van der Waals surface area contributed by atoms with Crippen LogP contribution in [0.15, 0.2) is 59.5 Å². The molecule has 1 fully saturated rings. The summed E-state index contributed by atoms with van der Waals surface area (Å²) in [5.41, 5.74) is -2.40. The second-order valence-electron chi connectivity index (χ2n) is 8.81. The lowest BCUT2D eigenvalue weighted by Gasteiger charge is -2.22. The van der Waals surface area contributed by atoms with Crippen LogP contribution >= 0.6 is 23.2 Å². The molecule has 0 radical (unpaired) electrons. The summed E-state index contributed by atoms with van der Waals surface area (Å²) in [4.78, 5) is 52.8. The first-order chi connectivity index (χ1) is 19.3. The highest BCUT2D eigenvalue weighted by molar-refractivity contribution is 6.31. The molecular formula is C26H20Cl2F3N3O7. The van der Waals surface area contributed by atoms with E-state index >= 15 is 0 Å². The predicted octanol–water partition coefficient (Wildman–Crippen LogP) is 4.90. The molecule has 1 aromatic heterocycles. The highest BCUT2D eigenvalue weighted by atomic mass is 35.5. The van der Waals surface area contributed by atoms with E-state index in [1.54, 1.807) is 0 Å². The SMILES string of the molecule is CC(=O)Nc1nc(=O)n([C@@H]2O[C@H](COC(=O)c3ccc(Cl)cc3)C[C@H]2OC(=O)c2ccc(Cl)cc2)cc1C(F)(F)F. The van der Waals surface area contributed by atoms with Crippen LogP contribution < -0.4 is 11.0 Å². The van der Waals surface area contributed by atoms with Gasteiger partial charge in [0, 0.05) is 29.6 Å². The monoisotopic (exact) mass is 613 g/mol. The van der Waals surface area contributed by atoms with Gasteiger partial charge in [-0.05, 0) is 48.5 Å². The lowest BCUT2D eigenvalue weighted by molar-refractivity contribution is -0.138. The number of nitrogens with one attached hydrogen (secondary N) is 1. The Morgan fingerprint density at radius 2 is 1.59 bits per heavy atom.